The molecule has 0 amide bonds. The Labute approximate surface area is 139 Å². The Bertz CT molecular complexity index is 876. The van der Waals surface area contributed by atoms with Gasteiger partial charge in [-0.3, -0.25) is 0 Å². The van der Waals surface area contributed by atoms with E-state index >= 15 is 0 Å². The minimum absolute atomic E-state index is 0.293. The molecule has 0 spiro atoms. The van der Waals surface area contributed by atoms with Crippen LogP contribution in [0.2, 0.25) is 0 Å². The van der Waals surface area contributed by atoms with E-state index in [1.54, 1.807) is 19.2 Å². The summed E-state index contributed by atoms with van der Waals surface area (Å²) in [5.41, 5.74) is 2.31. The third kappa shape index (κ3) is 4.06. The molecule has 0 saturated carbocycles. The van der Waals surface area contributed by atoms with E-state index in [0.29, 0.717) is 30.3 Å². The summed E-state index contributed by atoms with van der Waals surface area (Å²) >= 11 is 0. The van der Waals surface area contributed by atoms with Crippen LogP contribution in [0.1, 0.15) is 17.0 Å². The van der Waals surface area contributed by atoms with E-state index in [1.165, 1.54) is 12.1 Å². The molecule has 0 aliphatic heterocycles. The lowest BCUT2D eigenvalue weighted by molar-refractivity contribution is 0.192. The Morgan fingerprint density at radius 1 is 1.08 bits per heavy atom. The first-order valence-electron chi connectivity index (χ1n) is 7.44. The number of methoxy groups -OCH3 is 1. The lowest BCUT2D eigenvalue weighted by Crippen LogP contribution is -1.94. The highest BCUT2D eigenvalue weighted by molar-refractivity contribution is 5.56. The zero-order valence-corrected chi connectivity index (χ0v) is 13.1. The highest BCUT2D eigenvalue weighted by Gasteiger charge is 2.08. The van der Waals surface area contributed by atoms with Crippen LogP contribution in [0.5, 0.6) is 0 Å². The van der Waals surface area contributed by atoms with Gasteiger partial charge >= 0.3 is 0 Å². The summed E-state index contributed by atoms with van der Waals surface area (Å²) in [7, 11) is 1.63. The predicted octanol–water partition coefficient (Wildman–Crippen LogP) is 3.46. The molecule has 1 aromatic heterocycles. The third-order valence-corrected chi connectivity index (χ3v) is 3.31. The molecule has 1 heterocycles. The van der Waals surface area contributed by atoms with Crippen LogP contribution in [0.4, 0.5) is 4.39 Å². The van der Waals surface area contributed by atoms with Gasteiger partial charge in [-0.1, -0.05) is 23.1 Å². The molecule has 2 aromatic carbocycles. The number of hydrogen-bond donors (Lipinski definition) is 0. The van der Waals surface area contributed by atoms with E-state index < -0.39 is 0 Å². The summed E-state index contributed by atoms with van der Waals surface area (Å²) in [6.07, 6.45) is 0.584. The quantitative estimate of drug-likeness (QED) is 0.690. The topological polar surface area (TPSA) is 48.2 Å². The van der Waals surface area contributed by atoms with E-state index in [4.69, 9.17) is 9.26 Å². The van der Waals surface area contributed by atoms with Gasteiger partial charge in [0.2, 0.25) is 11.7 Å². The van der Waals surface area contributed by atoms with E-state index in [9.17, 15) is 4.39 Å². The summed E-state index contributed by atoms with van der Waals surface area (Å²) in [6, 6.07) is 13.7. The number of ether oxygens (including phenoxy) is 1. The summed E-state index contributed by atoms with van der Waals surface area (Å²) in [6.45, 7) is 0.538. The second-order valence-electron chi connectivity index (χ2n) is 5.09. The molecule has 0 unspecified atom stereocenters. The van der Waals surface area contributed by atoms with Gasteiger partial charge in [0, 0.05) is 23.8 Å². The summed E-state index contributed by atoms with van der Waals surface area (Å²) < 4.78 is 23.3. The molecule has 24 heavy (non-hydrogen) atoms. The van der Waals surface area contributed by atoms with Crippen LogP contribution in [0.15, 0.2) is 53.1 Å². The van der Waals surface area contributed by atoms with Crippen LogP contribution in [0.25, 0.3) is 11.4 Å². The molecule has 3 rings (SSSR count). The fourth-order valence-corrected chi connectivity index (χ4v) is 2.08. The largest absolute Gasteiger partial charge is 0.384 e. The number of nitrogens with zero attached hydrogens (tertiary/aromatic N) is 2. The normalized spacial score (nSPS) is 10.2. The van der Waals surface area contributed by atoms with Gasteiger partial charge in [-0.2, -0.15) is 4.98 Å². The molecule has 3 aromatic rings. The van der Waals surface area contributed by atoms with Gasteiger partial charge < -0.3 is 9.26 Å². The molecule has 5 heteroatoms. The molecule has 0 saturated heterocycles. The Hall–Kier alpha value is -2.97. The fraction of sp³-hybridized carbons (Fsp3) is 0.158. The van der Waals surface area contributed by atoms with Gasteiger partial charge in [0.15, 0.2) is 0 Å². The molecule has 0 radical (unpaired) electrons. The summed E-state index contributed by atoms with van der Waals surface area (Å²) in [5, 5.41) is 3.95. The van der Waals surface area contributed by atoms with Crippen LogP contribution in [-0.4, -0.2) is 23.9 Å². The van der Waals surface area contributed by atoms with Crippen molar-refractivity contribution in [1.29, 1.82) is 0 Å². The zero-order valence-electron chi connectivity index (χ0n) is 13.1. The zero-order chi connectivity index (χ0) is 16.8. The summed E-state index contributed by atoms with van der Waals surface area (Å²) in [4.78, 5) is 4.32. The van der Waals surface area contributed by atoms with E-state index in [-0.39, 0.29) is 5.82 Å². The molecular formula is C19H15FN2O2. The second kappa shape index (κ2) is 7.53. The smallest absolute Gasteiger partial charge is 0.229 e. The monoisotopic (exact) mass is 322 g/mol. The van der Waals surface area contributed by atoms with Gasteiger partial charge in [0.25, 0.3) is 0 Å². The van der Waals surface area contributed by atoms with Gasteiger partial charge in [-0.15, -0.1) is 0 Å². The van der Waals surface area contributed by atoms with E-state index in [0.717, 1.165) is 11.1 Å². The van der Waals surface area contributed by atoms with Crippen LogP contribution >= 0.6 is 0 Å². The highest BCUT2D eigenvalue weighted by atomic mass is 19.1. The van der Waals surface area contributed by atoms with Crippen molar-refractivity contribution < 1.29 is 13.7 Å². The number of hydrogen-bond acceptors (Lipinski definition) is 4. The van der Waals surface area contributed by atoms with Gasteiger partial charge in [0.1, 0.15) is 5.82 Å². The number of rotatable bonds is 4. The molecule has 0 N–H and O–H groups in total. The molecular weight excluding hydrogens is 307 g/mol. The average Bonchev–Trinajstić information content (AvgIpc) is 3.08. The average molecular weight is 322 g/mol. The van der Waals surface area contributed by atoms with Crippen LogP contribution in [0, 0.1) is 17.7 Å². The first-order chi connectivity index (χ1) is 11.7. The molecule has 4 nitrogen and oxygen atoms in total. The van der Waals surface area contributed by atoms with Crippen molar-refractivity contribution in [3.8, 4) is 23.2 Å². The van der Waals surface area contributed by atoms with Crippen molar-refractivity contribution in [2.24, 2.45) is 0 Å². The Balaban J connectivity index is 1.73. The lowest BCUT2D eigenvalue weighted by Gasteiger charge is -1.95. The highest BCUT2D eigenvalue weighted by Crippen LogP contribution is 2.16. The summed E-state index contributed by atoms with van der Waals surface area (Å²) in [5.74, 6) is 6.72. The van der Waals surface area contributed by atoms with Crippen molar-refractivity contribution in [2.45, 2.75) is 6.42 Å². The van der Waals surface area contributed by atoms with Crippen molar-refractivity contribution >= 4 is 0 Å². The number of aromatic nitrogens is 2. The van der Waals surface area contributed by atoms with Crippen LogP contribution in [-0.2, 0) is 11.2 Å². The van der Waals surface area contributed by atoms with E-state index in [1.807, 2.05) is 24.3 Å². The first kappa shape index (κ1) is 15.9. The van der Waals surface area contributed by atoms with Crippen LogP contribution < -0.4 is 0 Å². The fourth-order valence-electron chi connectivity index (χ4n) is 2.08. The Morgan fingerprint density at radius 2 is 1.88 bits per heavy atom. The number of halogens is 1. The Kier molecular flexibility index (Phi) is 4.99. The van der Waals surface area contributed by atoms with Crippen molar-refractivity contribution in [1.82, 2.24) is 10.1 Å². The van der Waals surface area contributed by atoms with Gasteiger partial charge in [-0.05, 0) is 42.5 Å². The number of benzene rings is 2. The lowest BCUT2D eigenvalue weighted by atomic mass is 10.1. The molecule has 120 valence electrons. The third-order valence-electron chi connectivity index (χ3n) is 3.31. The maximum Gasteiger partial charge on any atom is 0.229 e. The molecule has 0 aliphatic rings. The SMILES string of the molecule is COCCc1nc(-c2ccc(C#Cc3cccc(F)c3)cc2)no1. The van der Waals surface area contributed by atoms with Crippen molar-refractivity contribution in [3.63, 3.8) is 0 Å². The standard InChI is InChI=1S/C19H15FN2O2/c1-23-12-11-18-21-19(22-24-18)16-9-7-14(8-10-16)5-6-15-3-2-4-17(20)13-15/h2-4,7-10,13H,11-12H2,1H3. The molecule has 0 bridgehead atoms. The minimum atomic E-state index is -0.293. The van der Waals surface area contributed by atoms with Crippen LogP contribution in [0.3, 0.4) is 0 Å². The molecule has 0 atom stereocenters. The second-order valence-corrected chi connectivity index (χ2v) is 5.09. The minimum Gasteiger partial charge on any atom is -0.384 e. The van der Waals surface area contributed by atoms with Crippen molar-refractivity contribution in [2.75, 3.05) is 13.7 Å². The molecule has 0 aliphatic carbocycles. The first-order valence-corrected chi connectivity index (χ1v) is 7.44. The maximum atomic E-state index is 13.1. The predicted molar refractivity (Wildman–Crippen MR) is 87.7 cm³/mol. The van der Waals surface area contributed by atoms with E-state index in [2.05, 4.69) is 22.0 Å². The molecule has 0 fully saturated rings. The Morgan fingerprint density at radius 3 is 2.62 bits per heavy atom. The van der Waals surface area contributed by atoms with Crippen molar-refractivity contribution in [3.05, 3.63) is 71.4 Å². The maximum absolute atomic E-state index is 13.1. The van der Waals surface area contributed by atoms with Gasteiger partial charge in [-0.25, -0.2) is 4.39 Å². The van der Waals surface area contributed by atoms with Gasteiger partial charge in [0.05, 0.1) is 13.0 Å².